The number of methoxy groups -OCH3 is 1. The van der Waals surface area contributed by atoms with Crippen LogP contribution in [0.15, 0.2) is 5.38 Å². The average Bonchev–Trinajstić information content (AvgIpc) is 2.93. The summed E-state index contributed by atoms with van der Waals surface area (Å²) in [7, 11) is 1.70. The van der Waals surface area contributed by atoms with Crippen LogP contribution in [0.5, 0.6) is 0 Å². The van der Waals surface area contributed by atoms with Crippen molar-refractivity contribution in [2.45, 2.75) is 26.4 Å². The van der Waals surface area contributed by atoms with E-state index in [0.29, 0.717) is 12.4 Å². The molecule has 0 fully saturated rings. The van der Waals surface area contributed by atoms with Crippen LogP contribution in [0.25, 0.3) is 10.6 Å². The Kier molecular flexibility index (Phi) is 4.07. The van der Waals surface area contributed by atoms with Crippen LogP contribution in [0.1, 0.15) is 19.5 Å². The number of hydrogen-bond acceptors (Lipinski definition) is 7. The first kappa shape index (κ1) is 14.2. The Morgan fingerprint density at radius 1 is 1.47 bits per heavy atom. The zero-order valence-electron chi connectivity index (χ0n) is 11.5. The molecule has 2 heterocycles. The minimum absolute atomic E-state index is 0.241. The Labute approximate surface area is 121 Å². The van der Waals surface area contributed by atoms with Gasteiger partial charge in [-0.15, -0.1) is 11.3 Å². The number of nitrogen functional groups attached to an aromatic ring is 1. The maximum atomic E-state index is 5.95. The highest BCUT2D eigenvalue weighted by atomic mass is 32.1. The van der Waals surface area contributed by atoms with Crippen LogP contribution in [0, 0.1) is 6.92 Å². The maximum absolute atomic E-state index is 5.95. The van der Waals surface area contributed by atoms with Gasteiger partial charge in [-0.25, -0.2) is 4.98 Å². The zero-order chi connectivity index (χ0) is 14.0. The van der Waals surface area contributed by atoms with Crippen LogP contribution in [0.2, 0.25) is 0 Å². The molecule has 0 aliphatic heterocycles. The number of ether oxygens (including phenoxy) is 1. The number of nitrogens with zero attached hydrogens (tertiary/aromatic N) is 2. The van der Waals surface area contributed by atoms with E-state index in [0.717, 1.165) is 21.3 Å². The summed E-state index contributed by atoms with van der Waals surface area (Å²) < 4.78 is 9.60. The molecule has 3 N–H and O–H groups in total. The number of nitrogens with two attached hydrogens (primary N) is 1. The fourth-order valence-electron chi connectivity index (χ4n) is 1.46. The molecule has 5 nitrogen and oxygen atoms in total. The molecule has 104 valence electrons. The van der Waals surface area contributed by atoms with Crippen molar-refractivity contribution in [2.75, 3.05) is 24.7 Å². The predicted molar refractivity (Wildman–Crippen MR) is 81.9 cm³/mol. The number of hydrogen-bond donors (Lipinski definition) is 2. The highest BCUT2D eigenvalue weighted by Gasteiger charge is 2.20. The van der Waals surface area contributed by atoms with Gasteiger partial charge in [-0.1, -0.05) is 0 Å². The molecule has 2 aromatic rings. The van der Waals surface area contributed by atoms with E-state index in [4.69, 9.17) is 10.5 Å². The molecule has 0 saturated carbocycles. The molecule has 0 spiro atoms. The van der Waals surface area contributed by atoms with Gasteiger partial charge >= 0.3 is 0 Å². The summed E-state index contributed by atoms with van der Waals surface area (Å²) in [5.74, 6) is 0.525. The third-order valence-corrected chi connectivity index (χ3v) is 4.58. The zero-order valence-corrected chi connectivity index (χ0v) is 13.1. The third kappa shape index (κ3) is 3.23. The van der Waals surface area contributed by atoms with Gasteiger partial charge in [-0.05, 0) is 32.3 Å². The van der Waals surface area contributed by atoms with Gasteiger partial charge in [0, 0.05) is 24.7 Å². The second-order valence-electron chi connectivity index (χ2n) is 4.88. The molecule has 0 unspecified atom stereocenters. The third-order valence-electron chi connectivity index (χ3n) is 2.78. The van der Waals surface area contributed by atoms with Crippen molar-refractivity contribution in [3.8, 4) is 10.6 Å². The lowest BCUT2D eigenvalue weighted by Gasteiger charge is -2.23. The molecule has 2 aromatic heterocycles. The SMILES string of the molecule is COC(C)(C)CNc1snc(N)c1-c1nc(C)cs1. The standard InChI is InChI=1S/C12H18N4OS2/c1-7-5-18-11(15-7)8-9(13)16-19-10(8)14-6-12(2,3)17-4/h5,14H,6H2,1-4H3,(H2,13,16). The van der Waals surface area contributed by atoms with Gasteiger partial charge in [0.15, 0.2) is 0 Å². The lowest BCUT2D eigenvalue weighted by molar-refractivity contribution is 0.0344. The van der Waals surface area contributed by atoms with Crippen LogP contribution < -0.4 is 11.1 Å². The summed E-state index contributed by atoms with van der Waals surface area (Å²) in [6, 6.07) is 0. The van der Waals surface area contributed by atoms with Crippen molar-refractivity contribution in [1.29, 1.82) is 0 Å². The van der Waals surface area contributed by atoms with E-state index >= 15 is 0 Å². The van der Waals surface area contributed by atoms with Crippen LogP contribution >= 0.6 is 22.9 Å². The Morgan fingerprint density at radius 2 is 2.21 bits per heavy atom. The number of aryl methyl sites for hydroxylation is 1. The summed E-state index contributed by atoms with van der Waals surface area (Å²) in [4.78, 5) is 4.47. The van der Waals surface area contributed by atoms with Crippen molar-refractivity contribution in [1.82, 2.24) is 9.36 Å². The fraction of sp³-hybridized carbons (Fsp3) is 0.500. The van der Waals surface area contributed by atoms with Crippen molar-refractivity contribution >= 4 is 33.7 Å². The summed E-state index contributed by atoms with van der Waals surface area (Å²) in [5.41, 5.74) is 7.60. The lowest BCUT2D eigenvalue weighted by atomic mass is 10.1. The number of thiazole rings is 1. The number of anilines is 2. The smallest absolute Gasteiger partial charge is 0.149 e. The summed E-state index contributed by atoms with van der Waals surface area (Å²) in [5, 5.41) is 7.21. The van der Waals surface area contributed by atoms with Crippen molar-refractivity contribution in [3.05, 3.63) is 11.1 Å². The lowest BCUT2D eigenvalue weighted by Crippen LogP contribution is -2.31. The topological polar surface area (TPSA) is 73.1 Å². The van der Waals surface area contributed by atoms with Gasteiger partial charge in [-0.3, -0.25) is 0 Å². The monoisotopic (exact) mass is 298 g/mol. The molecule has 2 rings (SSSR count). The Balaban J connectivity index is 2.23. The Hall–Kier alpha value is -1.18. The van der Waals surface area contributed by atoms with Crippen LogP contribution in [-0.4, -0.2) is 28.6 Å². The minimum Gasteiger partial charge on any atom is -0.382 e. The van der Waals surface area contributed by atoms with Gasteiger partial charge < -0.3 is 15.8 Å². The van der Waals surface area contributed by atoms with Crippen LogP contribution in [0.4, 0.5) is 10.8 Å². The molecular formula is C12H18N4OS2. The van der Waals surface area contributed by atoms with E-state index in [1.54, 1.807) is 18.4 Å². The molecule has 0 saturated heterocycles. The highest BCUT2D eigenvalue weighted by Crippen LogP contribution is 2.38. The summed E-state index contributed by atoms with van der Waals surface area (Å²) >= 11 is 2.94. The maximum Gasteiger partial charge on any atom is 0.149 e. The highest BCUT2D eigenvalue weighted by molar-refractivity contribution is 7.15. The first-order valence-corrected chi connectivity index (χ1v) is 7.55. The molecule has 0 aromatic carbocycles. The normalized spacial score (nSPS) is 11.8. The second-order valence-corrected chi connectivity index (χ2v) is 6.51. The van der Waals surface area contributed by atoms with E-state index in [1.807, 2.05) is 26.2 Å². The van der Waals surface area contributed by atoms with Gasteiger partial charge in [0.05, 0.1) is 11.2 Å². The molecular weight excluding hydrogens is 280 g/mol. The van der Waals surface area contributed by atoms with Crippen molar-refractivity contribution in [3.63, 3.8) is 0 Å². The first-order valence-electron chi connectivity index (χ1n) is 5.89. The Bertz CT molecular complexity index is 562. The molecule has 7 heteroatoms. The Morgan fingerprint density at radius 3 is 2.79 bits per heavy atom. The van der Waals surface area contributed by atoms with E-state index < -0.39 is 0 Å². The fourth-order valence-corrected chi connectivity index (χ4v) is 3.09. The van der Waals surface area contributed by atoms with Gasteiger partial charge in [0.1, 0.15) is 15.8 Å². The van der Waals surface area contributed by atoms with Gasteiger partial charge in [0.2, 0.25) is 0 Å². The number of aromatic nitrogens is 2. The average molecular weight is 298 g/mol. The molecule has 19 heavy (non-hydrogen) atoms. The molecule has 0 aliphatic carbocycles. The van der Waals surface area contributed by atoms with Crippen LogP contribution in [-0.2, 0) is 4.74 Å². The molecule has 0 aliphatic rings. The van der Waals surface area contributed by atoms with E-state index in [1.165, 1.54) is 11.5 Å². The van der Waals surface area contributed by atoms with E-state index in [9.17, 15) is 0 Å². The molecule has 0 bridgehead atoms. The quantitative estimate of drug-likeness (QED) is 0.887. The van der Waals surface area contributed by atoms with Gasteiger partial charge in [-0.2, -0.15) is 4.37 Å². The number of rotatable bonds is 5. The van der Waals surface area contributed by atoms with Crippen molar-refractivity contribution < 1.29 is 4.74 Å². The van der Waals surface area contributed by atoms with E-state index in [-0.39, 0.29) is 5.60 Å². The molecule has 0 radical (unpaired) electrons. The summed E-state index contributed by atoms with van der Waals surface area (Å²) in [6.45, 7) is 6.70. The predicted octanol–water partition coefficient (Wildman–Crippen LogP) is 2.99. The number of nitrogens with one attached hydrogen (secondary N) is 1. The molecule has 0 amide bonds. The van der Waals surface area contributed by atoms with Crippen molar-refractivity contribution in [2.24, 2.45) is 0 Å². The minimum atomic E-state index is -0.241. The molecule has 0 atom stereocenters. The van der Waals surface area contributed by atoms with Gasteiger partial charge in [0.25, 0.3) is 0 Å². The van der Waals surface area contributed by atoms with E-state index in [2.05, 4.69) is 14.7 Å². The second kappa shape index (κ2) is 5.44. The summed E-state index contributed by atoms with van der Waals surface area (Å²) in [6.07, 6.45) is 0. The largest absolute Gasteiger partial charge is 0.382 e. The first-order chi connectivity index (χ1) is 8.93. The van der Waals surface area contributed by atoms with Crippen LogP contribution in [0.3, 0.4) is 0 Å².